The first-order valence-corrected chi connectivity index (χ1v) is 6.37. The van der Waals surface area contributed by atoms with Gasteiger partial charge in [-0.3, -0.25) is 0 Å². The molecule has 0 aromatic heterocycles. The Kier molecular flexibility index (Phi) is 5.88. The zero-order valence-corrected chi connectivity index (χ0v) is 8.74. The first-order valence-electron chi connectivity index (χ1n) is 5.21. The van der Waals surface area contributed by atoms with Crippen LogP contribution in [0.25, 0.3) is 0 Å². The molecule has 0 saturated heterocycles. The molecular weight excluding hydrogens is 166 g/mol. The van der Waals surface area contributed by atoms with E-state index in [4.69, 9.17) is 5.73 Å². The molecule has 2 heteroatoms. The third-order valence-corrected chi connectivity index (χ3v) is 3.86. The lowest BCUT2D eigenvalue weighted by Crippen LogP contribution is -2.00. The summed E-state index contributed by atoms with van der Waals surface area (Å²) < 4.78 is 0. The van der Waals surface area contributed by atoms with Crippen molar-refractivity contribution in [1.82, 2.24) is 0 Å². The van der Waals surface area contributed by atoms with Gasteiger partial charge in [0.05, 0.1) is 0 Å². The minimum atomic E-state index is 0.865. The predicted molar refractivity (Wildman–Crippen MR) is 57.6 cm³/mol. The van der Waals surface area contributed by atoms with Crippen molar-refractivity contribution in [2.24, 2.45) is 11.7 Å². The molecule has 0 spiro atoms. The van der Waals surface area contributed by atoms with Crippen LogP contribution in [-0.2, 0) is 0 Å². The van der Waals surface area contributed by atoms with E-state index in [1.165, 1.54) is 50.0 Å². The molecule has 1 aliphatic carbocycles. The number of nitrogens with two attached hydrogens (primary N) is 1. The lowest BCUT2D eigenvalue weighted by atomic mass is 10.1. The molecule has 0 bridgehead atoms. The van der Waals surface area contributed by atoms with Crippen molar-refractivity contribution in [3.8, 4) is 0 Å². The molecule has 0 atom stereocenters. The molecule has 0 aliphatic heterocycles. The van der Waals surface area contributed by atoms with Crippen LogP contribution in [0.5, 0.6) is 0 Å². The summed E-state index contributed by atoms with van der Waals surface area (Å²) >= 11 is 2.13. The fourth-order valence-electron chi connectivity index (χ4n) is 1.78. The Labute approximate surface area is 80.5 Å². The molecule has 0 unspecified atom stereocenters. The standard InChI is InChI=1S/C10H21NS/c11-7-3-4-8-12-9-10-5-1-2-6-10/h10H,1-9,11H2. The molecule has 2 N–H and O–H groups in total. The van der Waals surface area contributed by atoms with Crippen LogP contribution in [0.1, 0.15) is 38.5 Å². The van der Waals surface area contributed by atoms with Crippen LogP contribution in [0, 0.1) is 5.92 Å². The molecule has 0 heterocycles. The highest BCUT2D eigenvalue weighted by Gasteiger charge is 2.13. The van der Waals surface area contributed by atoms with Crippen LogP contribution in [0.4, 0.5) is 0 Å². The quantitative estimate of drug-likeness (QED) is 0.647. The fourth-order valence-corrected chi connectivity index (χ4v) is 3.02. The van der Waals surface area contributed by atoms with Gasteiger partial charge in [0.2, 0.25) is 0 Å². The molecular formula is C10H21NS. The zero-order valence-electron chi connectivity index (χ0n) is 7.93. The van der Waals surface area contributed by atoms with Crippen LogP contribution in [-0.4, -0.2) is 18.1 Å². The minimum absolute atomic E-state index is 0.865. The van der Waals surface area contributed by atoms with Crippen molar-refractivity contribution in [2.45, 2.75) is 38.5 Å². The van der Waals surface area contributed by atoms with Gasteiger partial charge in [0.25, 0.3) is 0 Å². The van der Waals surface area contributed by atoms with Crippen LogP contribution in [0.15, 0.2) is 0 Å². The third-order valence-electron chi connectivity index (χ3n) is 2.57. The first kappa shape index (κ1) is 10.4. The minimum Gasteiger partial charge on any atom is -0.330 e. The van der Waals surface area contributed by atoms with Crippen LogP contribution >= 0.6 is 11.8 Å². The van der Waals surface area contributed by atoms with E-state index in [2.05, 4.69) is 11.8 Å². The molecule has 12 heavy (non-hydrogen) atoms. The molecule has 1 rings (SSSR count). The van der Waals surface area contributed by atoms with E-state index in [-0.39, 0.29) is 0 Å². The van der Waals surface area contributed by atoms with Crippen molar-refractivity contribution in [3.05, 3.63) is 0 Å². The maximum absolute atomic E-state index is 5.42. The van der Waals surface area contributed by atoms with Gasteiger partial charge in [0.1, 0.15) is 0 Å². The Hall–Kier alpha value is 0.310. The maximum Gasteiger partial charge on any atom is -0.00391 e. The molecule has 0 aromatic rings. The summed E-state index contributed by atoms with van der Waals surface area (Å²) in [7, 11) is 0. The fraction of sp³-hybridized carbons (Fsp3) is 1.00. The SMILES string of the molecule is NCCCCSCC1CCCC1. The highest BCUT2D eigenvalue weighted by molar-refractivity contribution is 7.99. The Bertz CT molecular complexity index is 100. The normalized spacial score (nSPS) is 18.8. The maximum atomic E-state index is 5.42. The van der Waals surface area contributed by atoms with Gasteiger partial charge < -0.3 is 5.73 Å². The van der Waals surface area contributed by atoms with Crippen LogP contribution in [0.2, 0.25) is 0 Å². The smallest absolute Gasteiger partial charge is 0.00391 e. The highest BCUT2D eigenvalue weighted by atomic mass is 32.2. The van der Waals surface area contributed by atoms with Gasteiger partial charge in [-0.25, -0.2) is 0 Å². The van der Waals surface area contributed by atoms with Gasteiger partial charge in [-0.2, -0.15) is 11.8 Å². The van der Waals surface area contributed by atoms with Crippen molar-refractivity contribution in [1.29, 1.82) is 0 Å². The topological polar surface area (TPSA) is 26.0 Å². The highest BCUT2D eigenvalue weighted by Crippen LogP contribution is 2.27. The monoisotopic (exact) mass is 187 g/mol. The van der Waals surface area contributed by atoms with E-state index in [0.29, 0.717) is 0 Å². The molecule has 1 saturated carbocycles. The predicted octanol–water partition coefficient (Wildman–Crippen LogP) is 2.65. The zero-order chi connectivity index (χ0) is 8.65. The van der Waals surface area contributed by atoms with Crippen LogP contribution < -0.4 is 5.73 Å². The van der Waals surface area contributed by atoms with Crippen molar-refractivity contribution in [3.63, 3.8) is 0 Å². The van der Waals surface area contributed by atoms with E-state index in [9.17, 15) is 0 Å². The van der Waals surface area contributed by atoms with E-state index in [0.717, 1.165) is 12.5 Å². The number of unbranched alkanes of at least 4 members (excludes halogenated alkanes) is 1. The second kappa shape index (κ2) is 6.79. The summed E-state index contributed by atoms with van der Waals surface area (Å²) in [6.07, 6.45) is 8.46. The van der Waals surface area contributed by atoms with E-state index in [1.807, 2.05) is 0 Å². The van der Waals surface area contributed by atoms with Crippen LogP contribution in [0.3, 0.4) is 0 Å². The van der Waals surface area contributed by atoms with Gasteiger partial charge in [0, 0.05) is 0 Å². The summed E-state index contributed by atoms with van der Waals surface area (Å²) in [6.45, 7) is 0.865. The summed E-state index contributed by atoms with van der Waals surface area (Å²) in [5, 5.41) is 0. The second-order valence-corrected chi connectivity index (χ2v) is 4.87. The molecule has 0 radical (unpaired) electrons. The number of hydrogen-bond acceptors (Lipinski definition) is 2. The summed E-state index contributed by atoms with van der Waals surface area (Å²) in [4.78, 5) is 0. The summed E-state index contributed by atoms with van der Waals surface area (Å²) in [6, 6.07) is 0. The molecule has 72 valence electrons. The Morgan fingerprint density at radius 3 is 2.58 bits per heavy atom. The average molecular weight is 187 g/mol. The Morgan fingerprint density at radius 2 is 1.92 bits per heavy atom. The lowest BCUT2D eigenvalue weighted by molar-refractivity contribution is 0.622. The van der Waals surface area contributed by atoms with Gasteiger partial charge in [-0.05, 0) is 49.7 Å². The number of rotatable bonds is 6. The average Bonchev–Trinajstić information content (AvgIpc) is 2.57. The van der Waals surface area contributed by atoms with Gasteiger partial charge >= 0.3 is 0 Å². The molecule has 0 aromatic carbocycles. The number of hydrogen-bond donors (Lipinski definition) is 1. The van der Waals surface area contributed by atoms with E-state index < -0.39 is 0 Å². The second-order valence-electron chi connectivity index (χ2n) is 3.72. The summed E-state index contributed by atoms with van der Waals surface area (Å²) in [5.74, 6) is 3.78. The number of thioether (sulfide) groups is 1. The van der Waals surface area contributed by atoms with Gasteiger partial charge in [0.15, 0.2) is 0 Å². The van der Waals surface area contributed by atoms with Gasteiger partial charge in [-0.15, -0.1) is 0 Å². The lowest BCUT2D eigenvalue weighted by Gasteiger charge is -2.07. The third kappa shape index (κ3) is 4.36. The molecule has 1 nitrogen and oxygen atoms in total. The Balaban J connectivity index is 1.81. The first-order chi connectivity index (χ1) is 5.93. The molecule has 1 aliphatic rings. The van der Waals surface area contributed by atoms with E-state index >= 15 is 0 Å². The molecule has 1 fully saturated rings. The molecule has 0 amide bonds. The van der Waals surface area contributed by atoms with E-state index in [1.54, 1.807) is 0 Å². The summed E-state index contributed by atoms with van der Waals surface area (Å²) in [5.41, 5.74) is 5.42. The van der Waals surface area contributed by atoms with Crippen molar-refractivity contribution >= 4 is 11.8 Å². The largest absolute Gasteiger partial charge is 0.330 e. The Morgan fingerprint density at radius 1 is 1.17 bits per heavy atom. The van der Waals surface area contributed by atoms with Gasteiger partial charge in [-0.1, -0.05) is 12.8 Å². The van der Waals surface area contributed by atoms with Crippen molar-refractivity contribution in [2.75, 3.05) is 18.1 Å². The van der Waals surface area contributed by atoms with Crippen molar-refractivity contribution < 1.29 is 0 Å².